The first-order chi connectivity index (χ1) is 6.24. The first-order valence-electron chi connectivity index (χ1n) is 3.94. The largest absolute Gasteiger partial charge is 0.496 e. The number of ether oxygens (including phenoxy) is 1. The minimum atomic E-state index is 0.778. The quantitative estimate of drug-likeness (QED) is 0.697. The highest BCUT2D eigenvalue weighted by atomic mass is 35.5. The van der Waals surface area contributed by atoms with E-state index in [1.54, 1.807) is 18.4 Å². The zero-order valence-electron chi connectivity index (χ0n) is 7.43. The molecule has 1 aromatic heterocycles. The predicted octanol–water partition coefficient (Wildman–Crippen LogP) is 3.87. The van der Waals surface area contributed by atoms with Crippen LogP contribution in [0.2, 0.25) is 5.02 Å². The van der Waals surface area contributed by atoms with Gasteiger partial charge in [0.2, 0.25) is 0 Å². The van der Waals surface area contributed by atoms with E-state index in [4.69, 9.17) is 16.3 Å². The van der Waals surface area contributed by atoms with Crippen LogP contribution in [0.5, 0.6) is 5.75 Å². The summed E-state index contributed by atoms with van der Waals surface area (Å²) in [5.41, 5.74) is 1.24. The van der Waals surface area contributed by atoms with E-state index in [0.717, 1.165) is 16.2 Å². The molecule has 0 saturated heterocycles. The number of methoxy groups -OCH3 is 1. The van der Waals surface area contributed by atoms with Crippen LogP contribution in [0.3, 0.4) is 0 Å². The second-order valence-corrected chi connectivity index (χ2v) is 4.16. The van der Waals surface area contributed by atoms with Crippen molar-refractivity contribution in [2.75, 3.05) is 7.11 Å². The molecule has 0 saturated carbocycles. The minimum absolute atomic E-state index is 0.778. The van der Waals surface area contributed by atoms with Gasteiger partial charge in [-0.2, -0.15) is 0 Å². The molecular formula is C10H9ClOS. The van der Waals surface area contributed by atoms with Crippen molar-refractivity contribution in [3.63, 3.8) is 0 Å². The van der Waals surface area contributed by atoms with Gasteiger partial charge >= 0.3 is 0 Å². The molecule has 0 spiro atoms. The molecule has 68 valence electrons. The number of fused-ring (bicyclic) bond motifs is 1. The number of rotatable bonds is 1. The van der Waals surface area contributed by atoms with E-state index < -0.39 is 0 Å². The zero-order valence-corrected chi connectivity index (χ0v) is 9.00. The van der Waals surface area contributed by atoms with Crippen LogP contribution in [-0.2, 0) is 0 Å². The fourth-order valence-corrected chi connectivity index (χ4v) is 2.69. The molecular weight excluding hydrogens is 204 g/mol. The summed E-state index contributed by atoms with van der Waals surface area (Å²) in [4.78, 5) is 0. The lowest BCUT2D eigenvalue weighted by atomic mass is 10.2. The first-order valence-corrected chi connectivity index (χ1v) is 5.20. The second kappa shape index (κ2) is 3.20. The van der Waals surface area contributed by atoms with Gasteiger partial charge in [0, 0.05) is 10.1 Å². The monoisotopic (exact) mass is 212 g/mol. The summed E-state index contributed by atoms with van der Waals surface area (Å²) < 4.78 is 6.46. The maximum atomic E-state index is 6.06. The van der Waals surface area contributed by atoms with Crippen LogP contribution in [0.1, 0.15) is 5.56 Å². The van der Waals surface area contributed by atoms with Gasteiger partial charge in [0.05, 0.1) is 17.5 Å². The molecule has 0 radical (unpaired) electrons. The van der Waals surface area contributed by atoms with Crippen molar-refractivity contribution < 1.29 is 4.74 Å². The Morgan fingerprint density at radius 1 is 1.38 bits per heavy atom. The van der Waals surface area contributed by atoms with Gasteiger partial charge in [0.25, 0.3) is 0 Å². The van der Waals surface area contributed by atoms with Gasteiger partial charge < -0.3 is 4.74 Å². The Hall–Kier alpha value is -0.730. The molecule has 0 fully saturated rings. The standard InChI is InChI=1S/C10H9ClOS/c1-6-3-4-8(12-2)9-7(11)5-13-10(6)9/h3-5H,1-2H3. The van der Waals surface area contributed by atoms with Crippen molar-refractivity contribution in [1.82, 2.24) is 0 Å². The second-order valence-electron chi connectivity index (χ2n) is 2.87. The summed E-state index contributed by atoms with van der Waals surface area (Å²) in [6, 6.07) is 4.00. The topological polar surface area (TPSA) is 9.23 Å². The molecule has 0 bridgehead atoms. The molecule has 2 rings (SSSR count). The van der Waals surface area contributed by atoms with Crippen molar-refractivity contribution in [3.05, 3.63) is 28.1 Å². The van der Waals surface area contributed by atoms with E-state index in [-0.39, 0.29) is 0 Å². The van der Waals surface area contributed by atoms with E-state index in [2.05, 4.69) is 6.92 Å². The van der Waals surface area contributed by atoms with Gasteiger partial charge in [-0.15, -0.1) is 11.3 Å². The summed E-state index contributed by atoms with van der Waals surface area (Å²) in [7, 11) is 1.66. The predicted molar refractivity (Wildman–Crippen MR) is 58.1 cm³/mol. The van der Waals surface area contributed by atoms with Crippen molar-refractivity contribution >= 4 is 33.0 Å². The summed E-state index contributed by atoms with van der Waals surface area (Å²) >= 11 is 7.72. The van der Waals surface area contributed by atoms with E-state index in [1.165, 1.54) is 10.3 Å². The van der Waals surface area contributed by atoms with Crippen molar-refractivity contribution in [2.24, 2.45) is 0 Å². The van der Waals surface area contributed by atoms with Gasteiger partial charge in [-0.25, -0.2) is 0 Å². The van der Waals surface area contributed by atoms with Gasteiger partial charge in [-0.05, 0) is 18.6 Å². The Morgan fingerprint density at radius 3 is 2.85 bits per heavy atom. The van der Waals surface area contributed by atoms with E-state index >= 15 is 0 Å². The van der Waals surface area contributed by atoms with Crippen LogP contribution in [-0.4, -0.2) is 7.11 Å². The van der Waals surface area contributed by atoms with Crippen LogP contribution in [0.4, 0.5) is 0 Å². The number of hydrogen-bond acceptors (Lipinski definition) is 2. The lowest BCUT2D eigenvalue weighted by Gasteiger charge is -2.03. The normalized spacial score (nSPS) is 10.7. The molecule has 13 heavy (non-hydrogen) atoms. The molecule has 1 nitrogen and oxygen atoms in total. The highest BCUT2D eigenvalue weighted by molar-refractivity contribution is 7.18. The van der Waals surface area contributed by atoms with E-state index in [9.17, 15) is 0 Å². The molecule has 3 heteroatoms. The lowest BCUT2D eigenvalue weighted by Crippen LogP contribution is -1.84. The third kappa shape index (κ3) is 1.30. The van der Waals surface area contributed by atoms with Crippen LogP contribution in [0, 0.1) is 6.92 Å². The van der Waals surface area contributed by atoms with Crippen LogP contribution in [0.15, 0.2) is 17.5 Å². The maximum absolute atomic E-state index is 6.06. The molecule has 0 N–H and O–H groups in total. The molecule has 0 amide bonds. The van der Waals surface area contributed by atoms with Gasteiger partial charge in [-0.1, -0.05) is 17.7 Å². The van der Waals surface area contributed by atoms with E-state index in [0.29, 0.717) is 0 Å². The lowest BCUT2D eigenvalue weighted by molar-refractivity contribution is 0.420. The van der Waals surface area contributed by atoms with Crippen LogP contribution < -0.4 is 4.74 Å². The highest BCUT2D eigenvalue weighted by Gasteiger charge is 2.09. The minimum Gasteiger partial charge on any atom is -0.496 e. The number of halogens is 1. The average molecular weight is 213 g/mol. The van der Waals surface area contributed by atoms with Gasteiger partial charge in [0.15, 0.2) is 0 Å². The molecule has 0 aliphatic rings. The van der Waals surface area contributed by atoms with E-state index in [1.807, 2.05) is 17.5 Å². The fourth-order valence-electron chi connectivity index (χ4n) is 1.39. The summed E-state index contributed by atoms with van der Waals surface area (Å²) in [6.07, 6.45) is 0. The Morgan fingerprint density at radius 2 is 2.15 bits per heavy atom. The Balaban J connectivity index is 2.88. The molecule has 0 aliphatic heterocycles. The molecule has 1 heterocycles. The molecule has 0 atom stereocenters. The first kappa shape index (κ1) is 8.85. The fraction of sp³-hybridized carbons (Fsp3) is 0.200. The van der Waals surface area contributed by atoms with Crippen molar-refractivity contribution in [3.8, 4) is 5.75 Å². The third-order valence-electron chi connectivity index (χ3n) is 2.06. The maximum Gasteiger partial charge on any atom is 0.129 e. The van der Waals surface area contributed by atoms with Gasteiger partial charge in [-0.3, -0.25) is 0 Å². The molecule has 2 aromatic rings. The number of aryl methyl sites for hydroxylation is 1. The highest BCUT2D eigenvalue weighted by Crippen LogP contribution is 2.38. The van der Waals surface area contributed by atoms with Crippen LogP contribution >= 0.6 is 22.9 Å². The zero-order chi connectivity index (χ0) is 9.42. The summed E-state index contributed by atoms with van der Waals surface area (Å²) in [5.74, 6) is 0.854. The van der Waals surface area contributed by atoms with Crippen molar-refractivity contribution in [1.29, 1.82) is 0 Å². The molecule has 1 aromatic carbocycles. The Kier molecular flexibility index (Phi) is 2.18. The molecule has 0 unspecified atom stereocenters. The Labute approximate surface area is 85.9 Å². The third-order valence-corrected chi connectivity index (χ3v) is 3.60. The summed E-state index contributed by atoms with van der Waals surface area (Å²) in [5, 5.41) is 3.76. The number of benzene rings is 1. The smallest absolute Gasteiger partial charge is 0.129 e. The Bertz CT molecular complexity index is 447. The van der Waals surface area contributed by atoms with Crippen LogP contribution in [0.25, 0.3) is 10.1 Å². The number of thiophene rings is 1. The SMILES string of the molecule is COc1ccc(C)c2scc(Cl)c12. The summed E-state index contributed by atoms with van der Waals surface area (Å²) in [6.45, 7) is 2.08. The number of hydrogen-bond donors (Lipinski definition) is 0. The van der Waals surface area contributed by atoms with Crippen molar-refractivity contribution in [2.45, 2.75) is 6.92 Å². The molecule has 0 aliphatic carbocycles. The van der Waals surface area contributed by atoms with Gasteiger partial charge in [0.1, 0.15) is 5.75 Å². The average Bonchev–Trinajstić information content (AvgIpc) is 2.51.